The Morgan fingerprint density at radius 2 is 2.18 bits per heavy atom. The number of aliphatic imine (C=N–C) groups is 1. The average molecular weight is 383 g/mol. The molecule has 3 heterocycles. The Bertz CT molecular complexity index is 843. The van der Waals surface area contributed by atoms with Crippen LogP contribution in [0, 0.1) is 0 Å². The minimum absolute atomic E-state index is 0.308. The molecule has 0 spiro atoms. The monoisotopic (exact) mass is 382 g/mol. The lowest BCUT2D eigenvalue weighted by Crippen LogP contribution is -2.48. The zero-order chi connectivity index (χ0) is 19.5. The van der Waals surface area contributed by atoms with E-state index in [2.05, 4.69) is 62.4 Å². The number of rotatable bonds is 4. The lowest BCUT2D eigenvalue weighted by atomic mass is 9.93. The molecule has 0 radical (unpaired) electrons. The number of benzene rings is 1. The number of hydrogen-bond donors (Lipinski definition) is 2. The smallest absolute Gasteiger partial charge is 0.191 e. The first-order valence-corrected chi connectivity index (χ1v) is 10.3. The highest BCUT2D eigenvalue weighted by Crippen LogP contribution is 2.32. The van der Waals surface area contributed by atoms with Gasteiger partial charge in [0.05, 0.1) is 13.2 Å². The maximum absolute atomic E-state index is 5.77. The average Bonchev–Trinajstić information content (AvgIpc) is 3.15. The predicted molar refractivity (Wildman–Crippen MR) is 110 cm³/mol. The van der Waals surface area contributed by atoms with Crippen molar-refractivity contribution in [3.8, 4) is 5.75 Å². The van der Waals surface area contributed by atoms with Gasteiger partial charge in [0, 0.05) is 37.9 Å². The number of nitrogens with zero attached hydrogens (tertiary/aromatic N) is 4. The van der Waals surface area contributed by atoms with Crippen LogP contribution in [0.3, 0.4) is 0 Å². The van der Waals surface area contributed by atoms with E-state index >= 15 is 0 Å². The zero-order valence-electron chi connectivity index (χ0n) is 17.0. The number of para-hydroxylation sites is 1. The third-order valence-electron chi connectivity index (χ3n) is 5.55. The van der Waals surface area contributed by atoms with Crippen molar-refractivity contribution >= 4 is 5.96 Å². The molecule has 0 saturated carbocycles. The van der Waals surface area contributed by atoms with Crippen molar-refractivity contribution in [2.24, 2.45) is 4.99 Å². The first-order valence-electron chi connectivity index (χ1n) is 10.3. The summed E-state index contributed by atoms with van der Waals surface area (Å²) < 4.78 is 7.83. The summed E-state index contributed by atoms with van der Waals surface area (Å²) in [5.41, 5.74) is 1.28. The summed E-state index contributed by atoms with van der Waals surface area (Å²) in [5, 5.41) is 11.7. The van der Waals surface area contributed by atoms with Crippen LogP contribution in [-0.4, -0.2) is 47.0 Å². The molecule has 4 rings (SSSR count). The summed E-state index contributed by atoms with van der Waals surface area (Å²) in [6.07, 6.45) is 3.00. The van der Waals surface area contributed by atoms with E-state index in [-0.39, 0.29) is 0 Å². The van der Waals surface area contributed by atoms with Gasteiger partial charge >= 0.3 is 0 Å². The Hall–Kier alpha value is -2.57. The number of fused-ring (bicyclic) bond motifs is 2. The molecule has 150 valence electrons. The molecule has 0 fully saturated rings. The van der Waals surface area contributed by atoms with E-state index in [9.17, 15) is 0 Å². The van der Waals surface area contributed by atoms with Gasteiger partial charge in [-0.2, -0.15) is 5.10 Å². The molecule has 0 bridgehead atoms. The van der Waals surface area contributed by atoms with Crippen LogP contribution in [0.2, 0.25) is 0 Å². The van der Waals surface area contributed by atoms with Gasteiger partial charge in [0.2, 0.25) is 0 Å². The van der Waals surface area contributed by atoms with Crippen LogP contribution in [0.4, 0.5) is 0 Å². The molecule has 2 N–H and O–H groups in total. The molecule has 0 saturated heterocycles. The molecule has 0 aliphatic carbocycles. The minimum Gasteiger partial charge on any atom is -0.493 e. The number of nitrogens with one attached hydrogen (secondary N) is 2. The quantitative estimate of drug-likeness (QED) is 0.627. The molecule has 1 aromatic carbocycles. The summed E-state index contributed by atoms with van der Waals surface area (Å²) in [6, 6.07) is 8.63. The molecular weight excluding hydrogens is 352 g/mol. The zero-order valence-corrected chi connectivity index (χ0v) is 17.0. The summed E-state index contributed by atoms with van der Waals surface area (Å²) in [7, 11) is 1.83. The Morgan fingerprint density at radius 3 is 3.00 bits per heavy atom. The third-order valence-corrected chi connectivity index (χ3v) is 5.55. The fourth-order valence-corrected chi connectivity index (χ4v) is 3.93. The van der Waals surface area contributed by atoms with Crippen molar-refractivity contribution in [1.82, 2.24) is 25.4 Å². The number of aryl methyl sites for hydroxylation is 1. The SMILES string of the molecule is CN=C(NCC1CCOc2ccccc21)NC1CCc2nc(C(C)C)nn2C1. The molecule has 2 atom stereocenters. The molecule has 2 aliphatic rings. The maximum atomic E-state index is 5.77. The molecule has 0 amide bonds. The topological polar surface area (TPSA) is 76.4 Å². The molecule has 1 aromatic heterocycles. The van der Waals surface area contributed by atoms with Gasteiger partial charge in [0.15, 0.2) is 11.8 Å². The summed E-state index contributed by atoms with van der Waals surface area (Å²) in [5.74, 6) is 4.70. The highest BCUT2D eigenvalue weighted by Gasteiger charge is 2.24. The Labute approximate surface area is 166 Å². The summed E-state index contributed by atoms with van der Waals surface area (Å²) >= 11 is 0. The second-order valence-electron chi connectivity index (χ2n) is 7.93. The molecule has 2 aromatic rings. The highest BCUT2D eigenvalue weighted by molar-refractivity contribution is 5.80. The van der Waals surface area contributed by atoms with Crippen molar-refractivity contribution in [1.29, 1.82) is 0 Å². The van der Waals surface area contributed by atoms with Crippen molar-refractivity contribution in [3.63, 3.8) is 0 Å². The van der Waals surface area contributed by atoms with Gasteiger partial charge in [0.25, 0.3) is 0 Å². The number of guanidine groups is 1. The van der Waals surface area contributed by atoms with Crippen LogP contribution >= 0.6 is 0 Å². The normalized spacial score (nSPS) is 21.6. The largest absolute Gasteiger partial charge is 0.493 e. The fourth-order valence-electron chi connectivity index (χ4n) is 3.93. The minimum atomic E-state index is 0.308. The van der Waals surface area contributed by atoms with E-state index in [1.807, 2.05) is 13.1 Å². The fraction of sp³-hybridized carbons (Fsp3) is 0.571. The molecule has 7 heteroatoms. The predicted octanol–water partition coefficient (Wildman–Crippen LogP) is 2.45. The van der Waals surface area contributed by atoms with Crippen LogP contribution < -0.4 is 15.4 Å². The van der Waals surface area contributed by atoms with Gasteiger partial charge in [-0.05, 0) is 24.5 Å². The molecule has 2 aliphatic heterocycles. The highest BCUT2D eigenvalue weighted by atomic mass is 16.5. The molecule has 2 unspecified atom stereocenters. The van der Waals surface area contributed by atoms with Crippen molar-refractivity contribution in [2.45, 2.75) is 57.5 Å². The third kappa shape index (κ3) is 3.98. The lowest BCUT2D eigenvalue weighted by Gasteiger charge is -2.28. The van der Waals surface area contributed by atoms with E-state index in [0.717, 1.165) is 62.3 Å². The molecule has 28 heavy (non-hydrogen) atoms. The second-order valence-corrected chi connectivity index (χ2v) is 7.93. The number of ether oxygens (including phenoxy) is 1. The van der Waals surface area contributed by atoms with Crippen molar-refractivity contribution in [2.75, 3.05) is 20.2 Å². The Kier molecular flexibility index (Phi) is 5.50. The van der Waals surface area contributed by atoms with Gasteiger partial charge in [-0.3, -0.25) is 4.99 Å². The first-order chi connectivity index (χ1) is 13.6. The Balaban J connectivity index is 1.34. The molecule has 7 nitrogen and oxygen atoms in total. The standard InChI is InChI=1S/C21H30N6O/c1-14(2)20-25-19-9-8-16(13-27(19)26-20)24-21(22-3)23-12-15-10-11-28-18-7-5-4-6-17(15)18/h4-7,14-16H,8-13H2,1-3H3,(H2,22,23,24). The van der Waals surface area contributed by atoms with Crippen molar-refractivity contribution < 1.29 is 4.74 Å². The number of hydrogen-bond acceptors (Lipinski definition) is 4. The summed E-state index contributed by atoms with van der Waals surface area (Å²) in [4.78, 5) is 9.10. The Morgan fingerprint density at radius 1 is 1.32 bits per heavy atom. The maximum Gasteiger partial charge on any atom is 0.191 e. The second kappa shape index (κ2) is 8.20. The number of aromatic nitrogens is 3. The van der Waals surface area contributed by atoms with Crippen LogP contribution in [-0.2, 0) is 13.0 Å². The van der Waals surface area contributed by atoms with Crippen LogP contribution in [0.25, 0.3) is 0 Å². The van der Waals surface area contributed by atoms with Gasteiger partial charge in [-0.1, -0.05) is 32.0 Å². The lowest BCUT2D eigenvalue weighted by molar-refractivity contribution is 0.267. The van der Waals surface area contributed by atoms with Gasteiger partial charge in [-0.15, -0.1) is 0 Å². The van der Waals surface area contributed by atoms with Crippen LogP contribution in [0.15, 0.2) is 29.3 Å². The van der Waals surface area contributed by atoms with Crippen LogP contribution in [0.1, 0.15) is 55.7 Å². The van der Waals surface area contributed by atoms with Gasteiger partial charge < -0.3 is 15.4 Å². The van der Waals surface area contributed by atoms with Crippen LogP contribution in [0.5, 0.6) is 5.75 Å². The van der Waals surface area contributed by atoms with E-state index in [4.69, 9.17) is 4.74 Å². The van der Waals surface area contributed by atoms with E-state index in [1.165, 1.54) is 5.56 Å². The molecular formula is C21H30N6O. The van der Waals surface area contributed by atoms with Gasteiger partial charge in [0.1, 0.15) is 11.6 Å². The first kappa shape index (κ1) is 18.8. The van der Waals surface area contributed by atoms with Gasteiger partial charge in [-0.25, -0.2) is 9.67 Å². The van der Waals surface area contributed by atoms with E-state index in [1.54, 1.807) is 0 Å². The summed E-state index contributed by atoms with van der Waals surface area (Å²) in [6.45, 7) is 6.72. The van der Waals surface area contributed by atoms with Crippen molar-refractivity contribution in [3.05, 3.63) is 41.5 Å². The van der Waals surface area contributed by atoms with E-state index < -0.39 is 0 Å². The van der Waals surface area contributed by atoms with E-state index in [0.29, 0.717) is 17.9 Å².